The predicted octanol–water partition coefficient (Wildman–Crippen LogP) is 3.83. The molecule has 0 fully saturated rings. The summed E-state index contributed by atoms with van der Waals surface area (Å²) in [6.07, 6.45) is 0. The summed E-state index contributed by atoms with van der Waals surface area (Å²) in [7, 11) is 0. The first-order chi connectivity index (χ1) is 8.16. The first-order valence-electron chi connectivity index (χ1n) is 5.47. The molecule has 1 heterocycles. The van der Waals surface area contributed by atoms with Crippen molar-refractivity contribution < 1.29 is 0 Å². The Hall–Kier alpha value is -1.03. The van der Waals surface area contributed by atoms with Gasteiger partial charge in [-0.05, 0) is 36.1 Å². The smallest absolute Gasteiger partial charge is 0.0468 e. The highest BCUT2D eigenvalue weighted by Crippen LogP contribution is 2.21. The van der Waals surface area contributed by atoms with Crippen LogP contribution < -0.4 is 11.1 Å². The molecule has 1 atom stereocenters. The Morgan fingerprint density at radius 2 is 2.24 bits per heavy atom. The minimum absolute atomic E-state index is 0.259. The number of rotatable bonds is 4. The molecule has 0 spiro atoms. The van der Waals surface area contributed by atoms with Crippen LogP contribution in [0.3, 0.4) is 0 Å². The van der Waals surface area contributed by atoms with Crippen LogP contribution in [-0.4, -0.2) is 0 Å². The summed E-state index contributed by atoms with van der Waals surface area (Å²) >= 11 is 7.64. The Labute approximate surface area is 110 Å². The van der Waals surface area contributed by atoms with Gasteiger partial charge in [-0.25, -0.2) is 0 Å². The first-order valence-corrected chi connectivity index (χ1v) is 6.73. The van der Waals surface area contributed by atoms with Gasteiger partial charge in [0, 0.05) is 28.2 Å². The summed E-state index contributed by atoms with van der Waals surface area (Å²) in [6, 6.07) is 10.1. The highest BCUT2D eigenvalue weighted by atomic mass is 35.5. The van der Waals surface area contributed by atoms with Gasteiger partial charge in [-0.2, -0.15) is 0 Å². The van der Waals surface area contributed by atoms with E-state index < -0.39 is 0 Å². The van der Waals surface area contributed by atoms with E-state index in [4.69, 9.17) is 17.3 Å². The summed E-state index contributed by atoms with van der Waals surface area (Å²) in [4.78, 5) is 1.18. The number of hydrogen-bond acceptors (Lipinski definition) is 3. The van der Waals surface area contributed by atoms with E-state index >= 15 is 0 Å². The molecule has 2 rings (SSSR count). The van der Waals surface area contributed by atoms with Crippen LogP contribution in [0.5, 0.6) is 0 Å². The summed E-state index contributed by atoms with van der Waals surface area (Å²) in [5.74, 6) is 0. The van der Waals surface area contributed by atoms with E-state index in [1.165, 1.54) is 10.4 Å². The largest absolute Gasteiger partial charge is 0.398 e. The van der Waals surface area contributed by atoms with Crippen LogP contribution in [0.4, 0.5) is 5.69 Å². The van der Waals surface area contributed by atoms with Gasteiger partial charge < -0.3 is 11.1 Å². The summed E-state index contributed by atoms with van der Waals surface area (Å²) < 4.78 is 0. The number of nitrogens with two attached hydrogens (primary N) is 1. The molecule has 0 aliphatic rings. The van der Waals surface area contributed by atoms with E-state index in [1.54, 1.807) is 11.3 Å². The van der Waals surface area contributed by atoms with Crippen molar-refractivity contribution in [1.82, 2.24) is 5.32 Å². The molecule has 17 heavy (non-hydrogen) atoms. The van der Waals surface area contributed by atoms with Gasteiger partial charge in [0.2, 0.25) is 0 Å². The molecule has 0 aliphatic carbocycles. The van der Waals surface area contributed by atoms with Gasteiger partial charge in [-0.15, -0.1) is 11.3 Å². The maximum absolute atomic E-state index is 5.97. The molecular formula is C13H15ClN2S. The fraction of sp³-hybridized carbons (Fsp3) is 0.231. The Morgan fingerprint density at radius 3 is 2.88 bits per heavy atom. The monoisotopic (exact) mass is 266 g/mol. The maximum atomic E-state index is 5.97. The summed E-state index contributed by atoms with van der Waals surface area (Å²) in [5.41, 5.74) is 7.89. The number of nitrogen functional groups attached to an aromatic ring is 1. The third-order valence-corrected chi connectivity index (χ3v) is 3.87. The Bertz CT molecular complexity index is 496. The second kappa shape index (κ2) is 5.54. The maximum Gasteiger partial charge on any atom is 0.0468 e. The van der Waals surface area contributed by atoms with Gasteiger partial charge in [-0.1, -0.05) is 23.7 Å². The normalized spacial score (nSPS) is 12.6. The molecule has 2 nitrogen and oxygen atoms in total. The number of thiophene rings is 1. The van der Waals surface area contributed by atoms with Crippen molar-refractivity contribution in [3.8, 4) is 0 Å². The van der Waals surface area contributed by atoms with Crippen LogP contribution >= 0.6 is 22.9 Å². The zero-order valence-electron chi connectivity index (χ0n) is 9.61. The molecule has 0 aliphatic heterocycles. The van der Waals surface area contributed by atoms with E-state index in [9.17, 15) is 0 Å². The standard InChI is InChI=1S/C13H15ClN2S/c1-9(10-3-2-4-11(14)7-10)16-8-13-12(15)5-6-17-13/h2-7,9,16H,8,15H2,1H3. The zero-order valence-corrected chi connectivity index (χ0v) is 11.2. The molecule has 90 valence electrons. The molecule has 0 radical (unpaired) electrons. The van der Waals surface area contributed by atoms with E-state index in [1.807, 2.05) is 29.6 Å². The summed E-state index contributed by atoms with van der Waals surface area (Å²) in [5, 5.41) is 6.22. The van der Waals surface area contributed by atoms with Crippen molar-refractivity contribution in [2.45, 2.75) is 19.5 Å². The number of hydrogen-bond donors (Lipinski definition) is 2. The van der Waals surface area contributed by atoms with Gasteiger partial charge in [-0.3, -0.25) is 0 Å². The third-order valence-electron chi connectivity index (χ3n) is 2.70. The van der Waals surface area contributed by atoms with Crippen LogP contribution in [0, 0.1) is 0 Å². The fourth-order valence-corrected chi connectivity index (χ4v) is 2.58. The van der Waals surface area contributed by atoms with Crippen LogP contribution in [0.25, 0.3) is 0 Å². The molecule has 0 bridgehead atoms. The van der Waals surface area contributed by atoms with Crippen molar-refractivity contribution >= 4 is 28.6 Å². The lowest BCUT2D eigenvalue weighted by molar-refractivity contribution is 0.579. The molecule has 1 aromatic carbocycles. The predicted molar refractivity (Wildman–Crippen MR) is 75.4 cm³/mol. The van der Waals surface area contributed by atoms with Crippen molar-refractivity contribution in [3.05, 3.63) is 51.2 Å². The third kappa shape index (κ3) is 3.22. The van der Waals surface area contributed by atoms with Gasteiger partial charge in [0.15, 0.2) is 0 Å². The van der Waals surface area contributed by atoms with Crippen molar-refractivity contribution in [1.29, 1.82) is 0 Å². The summed E-state index contributed by atoms with van der Waals surface area (Å²) in [6.45, 7) is 2.91. The van der Waals surface area contributed by atoms with Crippen LogP contribution in [0.1, 0.15) is 23.4 Å². The van der Waals surface area contributed by atoms with Crippen LogP contribution in [0.2, 0.25) is 5.02 Å². The quantitative estimate of drug-likeness (QED) is 0.883. The lowest BCUT2D eigenvalue weighted by Crippen LogP contribution is -2.17. The topological polar surface area (TPSA) is 38.0 Å². The molecule has 1 aromatic heterocycles. The van der Waals surface area contributed by atoms with Gasteiger partial charge in [0.25, 0.3) is 0 Å². The number of benzene rings is 1. The van der Waals surface area contributed by atoms with Crippen molar-refractivity contribution in [2.24, 2.45) is 0 Å². The molecular weight excluding hydrogens is 252 g/mol. The second-order valence-corrected chi connectivity index (χ2v) is 5.39. The van der Waals surface area contributed by atoms with Crippen LogP contribution in [0.15, 0.2) is 35.7 Å². The molecule has 0 saturated carbocycles. The number of anilines is 1. The Morgan fingerprint density at radius 1 is 1.41 bits per heavy atom. The molecule has 0 saturated heterocycles. The molecule has 4 heteroatoms. The van der Waals surface area contributed by atoms with Crippen LogP contribution in [-0.2, 0) is 6.54 Å². The lowest BCUT2D eigenvalue weighted by atomic mass is 10.1. The van der Waals surface area contributed by atoms with E-state index in [-0.39, 0.29) is 6.04 Å². The molecule has 0 amide bonds. The highest BCUT2D eigenvalue weighted by molar-refractivity contribution is 7.10. The van der Waals surface area contributed by atoms with E-state index in [2.05, 4.69) is 18.3 Å². The van der Waals surface area contributed by atoms with Gasteiger partial charge in [0.1, 0.15) is 0 Å². The number of halogens is 1. The highest BCUT2D eigenvalue weighted by Gasteiger charge is 2.07. The van der Waals surface area contributed by atoms with Crippen molar-refractivity contribution in [2.75, 3.05) is 5.73 Å². The second-order valence-electron chi connectivity index (χ2n) is 3.96. The minimum Gasteiger partial charge on any atom is -0.398 e. The first kappa shape index (κ1) is 12.4. The molecule has 2 aromatic rings. The van der Waals surface area contributed by atoms with Gasteiger partial charge >= 0.3 is 0 Å². The van der Waals surface area contributed by atoms with E-state index in [0.29, 0.717) is 0 Å². The zero-order chi connectivity index (χ0) is 12.3. The fourth-order valence-electron chi connectivity index (χ4n) is 1.63. The Kier molecular flexibility index (Phi) is 4.05. The van der Waals surface area contributed by atoms with Gasteiger partial charge in [0.05, 0.1) is 0 Å². The average molecular weight is 267 g/mol. The number of nitrogens with one attached hydrogen (secondary N) is 1. The molecule has 1 unspecified atom stereocenters. The SMILES string of the molecule is CC(NCc1sccc1N)c1cccc(Cl)c1. The molecule has 3 N–H and O–H groups in total. The minimum atomic E-state index is 0.259. The van der Waals surface area contributed by atoms with Crippen molar-refractivity contribution in [3.63, 3.8) is 0 Å². The lowest BCUT2D eigenvalue weighted by Gasteiger charge is -2.14. The van der Waals surface area contributed by atoms with E-state index in [0.717, 1.165) is 17.3 Å². The average Bonchev–Trinajstić information content (AvgIpc) is 2.72. The Balaban J connectivity index is 1.98.